The highest BCUT2D eigenvalue weighted by Crippen LogP contribution is 2.30. The second kappa shape index (κ2) is 10.3. The van der Waals surface area contributed by atoms with Crippen LogP contribution in [0.25, 0.3) is 0 Å². The number of amides is 1. The molecule has 2 aromatic carbocycles. The molecular weight excluding hydrogens is 410 g/mol. The molecule has 0 aliphatic heterocycles. The van der Waals surface area contributed by atoms with Crippen molar-refractivity contribution in [3.05, 3.63) is 54.2 Å². The fourth-order valence-electron chi connectivity index (χ4n) is 2.35. The van der Waals surface area contributed by atoms with Gasteiger partial charge in [0.05, 0.1) is 18.1 Å². The Kier molecular flexibility index (Phi) is 7.80. The quantitative estimate of drug-likeness (QED) is 0.313. The van der Waals surface area contributed by atoms with Crippen LogP contribution in [-0.4, -0.2) is 32.1 Å². The second-order valence-electron chi connectivity index (χ2n) is 5.80. The van der Waals surface area contributed by atoms with Crippen LogP contribution in [0.2, 0.25) is 0 Å². The predicted molar refractivity (Wildman–Crippen MR) is 111 cm³/mol. The molecule has 0 aliphatic carbocycles. The number of benzene rings is 2. The summed E-state index contributed by atoms with van der Waals surface area (Å²) in [4.78, 5) is 12.0. The first-order chi connectivity index (χ1) is 14.3. The number of carbonyl (C=O) groups is 1. The van der Waals surface area contributed by atoms with E-state index in [1.807, 2.05) is 13.8 Å². The molecule has 2 rings (SSSR count). The van der Waals surface area contributed by atoms with Gasteiger partial charge in [-0.15, -0.1) is 0 Å². The van der Waals surface area contributed by atoms with Crippen molar-refractivity contribution in [2.75, 3.05) is 23.8 Å². The average Bonchev–Trinajstić information content (AvgIpc) is 2.70. The summed E-state index contributed by atoms with van der Waals surface area (Å²) in [7, 11) is -4.33. The molecule has 9 nitrogen and oxygen atoms in total. The third-order valence-electron chi connectivity index (χ3n) is 3.70. The molecule has 0 atom stereocenters. The minimum absolute atomic E-state index is 0.208. The maximum atomic E-state index is 12.3. The number of nitrogens with zero attached hydrogens (tertiary/aromatic N) is 1. The van der Waals surface area contributed by atoms with Gasteiger partial charge in [-0.3, -0.25) is 9.35 Å². The summed E-state index contributed by atoms with van der Waals surface area (Å²) in [5, 5.41) is 14.6. The van der Waals surface area contributed by atoms with Crippen molar-refractivity contribution >= 4 is 27.4 Å². The molecule has 0 saturated carbocycles. The van der Waals surface area contributed by atoms with Gasteiger partial charge in [0.1, 0.15) is 11.6 Å². The SMILES string of the molecule is CCOc1ccc(N/C=C(/C#N)C(=O)Nc2ccc(S(=O)(=O)O)cc2)cc1OCC. The van der Waals surface area contributed by atoms with E-state index in [9.17, 15) is 18.5 Å². The minimum atomic E-state index is -4.33. The molecule has 2 aromatic rings. The third-order valence-corrected chi connectivity index (χ3v) is 4.57. The van der Waals surface area contributed by atoms with Crippen LogP contribution in [0, 0.1) is 11.3 Å². The van der Waals surface area contributed by atoms with Crippen molar-refractivity contribution in [3.8, 4) is 17.6 Å². The Morgan fingerprint density at radius 3 is 2.23 bits per heavy atom. The number of rotatable bonds is 9. The molecule has 0 heterocycles. The van der Waals surface area contributed by atoms with Gasteiger partial charge in [0, 0.05) is 23.6 Å². The van der Waals surface area contributed by atoms with Crippen LogP contribution >= 0.6 is 0 Å². The van der Waals surface area contributed by atoms with Crippen LogP contribution in [0.5, 0.6) is 11.5 Å². The van der Waals surface area contributed by atoms with Gasteiger partial charge < -0.3 is 20.1 Å². The maximum absolute atomic E-state index is 12.3. The molecule has 0 spiro atoms. The zero-order valence-electron chi connectivity index (χ0n) is 16.4. The van der Waals surface area contributed by atoms with Crippen LogP contribution in [0.3, 0.4) is 0 Å². The van der Waals surface area contributed by atoms with Crippen LogP contribution in [0.4, 0.5) is 11.4 Å². The normalized spacial score (nSPS) is 11.3. The van der Waals surface area contributed by atoms with E-state index >= 15 is 0 Å². The molecule has 0 unspecified atom stereocenters. The summed E-state index contributed by atoms with van der Waals surface area (Å²) in [6, 6.07) is 11.8. The van der Waals surface area contributed by atoms with E-state index in [-0.39, 0.29) is 16.2 Å². The lowest BCUT2D eigenvalue weighted by molar-refractivity contribution is -0.112. The van der Waals surface area contributed by atoms with Gasteiger partial charge in [0.15, 0.2) is 11.5 Å². The number of anilines is 2. The smallest absolute Gasteiger partial charge is 0.294 e. The van der Waals surface area contributed by atoms with Crippen LogP contribution in [0.1, 0.15) is 13.8 Å². The molecule has 1 amide bonds. The van der Waals surface area contributed by atoms with Gasteiger partial charge in [-0.25, -0.2) is 0 Å². The van der Waals surface area contributed by atoms with Crippen LogP contribution in [-0.2, 0) is 14.9 Å². The number of hydrogen-bond acceptors (Lipinski definition) is 7. The largest absolute Gasteiger partial charge is 0.490 e. The molecule has 0 fully saturated rings. The van der Waals surface area contributed by atoms with E-state index < -0.39 is 16.0 Å². The monoisotopic (exact) mass is 431 g/mol. The zero-order valence-corrected chi connectivity index (χ0v) is 17.2. The number of ether oxygens (including phenoxy) is 2. The summed E-state index contributed by atoms with van der Waals surface area (Å²) in [6.45, 7) is 4.63. The Morgan fingerprint density at radius 2 is 1.67 bits per heavy atom. The van der Waals surface area contributed by atoms with Gasteiger partial charge in [-0.1, -0.05) is 0 Å². The number of carbonyl (C=O) groups excluding carboxylic acids is 1. The van der Waals surface area contributed by atoms with E-state index in [2.05, 4.69) is 10.6 Å². The average molecular weight is 431 g/mol. The molecule has 0 bridgehead atoms. The van der Waals surface area contributed by atoms with E-state index in [1.165, 1.54) is 18.3 Å². The highest BCUT2D eigenvalue weighted by Gasteiger charge is 2.12. The molecular formula is C20H21N3O6S. The first-order valence-corrected chi connectivity index (χ1v) is 10.4. The molecule has 3 N–H and O–H groups in total. The Bertz CT molecular complexity index is 1070. The standard InChI is InChI=1S/C20H21N3O6S/c1-3-28-18-10-7-16(11-19(18)29-4-2)22-13-14(12-21)20(24)23-15-5-8-17(9-6-15)30(25,26)27/h5-11,13,22H,3-4H2,1-2H3,(H,23,24)(H,25,26,27)/b14-13-. The van der Waals surface area contributed by atoms with Gasteiger partial charge in [-0.2, -0.15) is 13.7 Å². The Morgan fingerprint density at radius 1 is 1.07 bits per heavy atom. The first-order valence-electron chi connectivity index (χ1n) is 8.93. The zero-order chi connectivity index (χ0) is 22.1. The van der Waals surface area contributed by atoms with Gasteiger partial charge >= 0.3 is 0 Å². The highest BCUT2D eigenvalue weighted by atomic mass is 32.2. The van der Waals surface area contributed by atoms with Crippen molar-refractivity contribution in [2.24, 2.45) is 0 Å². The molecule has 30 heavy (non-hydrogen) atoms. The van der Waals surface area contributed by atoms with Crippen molar-refractivity contribution in [1.82, 2.24) is 0 Å². The summed E-state index contributed by atoms with van der Waals surface area (Å²) in [5.74, 6) is 0.417. The molecule has 10 heteroatoms. The molecule has 158 valence electrons. The Hall–Kier alpha value is -3.55. The third kappa shape index (κ3) is 6.23. The lowest BCUT2D eigenvalue weighted by Gasteiger charge is -2.12. The maximum Gasteiger partial charge on any atom is 0.294 e. The van der Waals surface area contributed by atoms with Crippen molar-refractivity contribution in [3.63, 3.8) is 0 Å². The van der Waals surface area contributed by atoms with Crippen molar-refractivity contribution < 1.29 is 27.2 Å². The molecule has 0 aromatic heterocycles. The van der Waals surface area contributed by atoms with Crippen LogP contribution in [0.15, 0.2) is 59.1 Å². The Balaban J connectivity index is 2.12. The fourth-order valence-corrected chi connectivity index (χ4v) is 2.83. The van der Waals surface area contributed by atoms with Crippen molar-refractivity contribution in [1.29, 1.82) is 5.26 Å². The summed E-state index contributed by atoms with van der Waals surface area (Å²) >= 11 is 0. The fraction of sp³-hybridized carbons (Fsp3) is 0.200. The predicted octanol–water partition coefficient (Wildman–Crippen LogP) is 3.19. The molecule has 0 aliphatic rings. The number of nitriles is 1. The highest BCUT2D eigenvalue weighted by molar-refractivity contribution is 7.85. The van der Waals surface area contributed by atoms with Gasteiger partial charge in [-0.05, 0) is 50.2 Å². The van der Waals surface area contributed by atoms with Crippen LogP contribution < -0.4 is 20.1 Å². The molecule has 0 radical (unpaired) electrons. The second-order valence-corrected chi connectivity index (χ2v) is 7.22. The topological polar surface area (TPSA) is 138 Å². The summed E-state index contributed by atoms with van der Waals surface area (Å²) < 4.78 is 42.1. The van der Waals surface area contributed by atoms with Gasteiger partial charge in [0.25, 0.3) is 16.0 Å². The Labute approximate surface area is 174 Å². The number of nitrogens with one attached hydrogen (secondary N) is 2. The van der Waals surface area contributed by atoms with E-state index in [1.54, 1.807) is 24.3 Å². The van der Waals surface area contributed by atoms with E-state index in [0.717, 1.165) is 12.1 Å². The minimum Gasteiger partial charge on any atom is -0.490 e. The lowest BCUT2D eigenvalue weighted by Crippen LogP contribution is -2.14. The van der Waals surface area contributed by atoms with Gasteiger partial charge in [0.2, 0.25) is 0 Å². The number of hydrogen-bond donors (Lipinski definition) is 3. The van der Waals surface area contributed by atoms with E-state index in [0.29, 0.717) is 30.4 Å². The summed E-state index contributed by atoms with van der Waals surface area (Å²) in [6.07, 6.45) is 1.24. The van der Waals surface area contributed by atoms with E-state index in [4.69, 9.17) is 14.0 Å². The summed E-state index contributed by atoms with van der Waals surface area (Å²) in [5.41, 5.74) is 0.633. The first kappa shape index (κ1) is 22.7. The lowest BCUT2D eigenvalue weighted by atomic mass is 10.2. The van der Waals surface area contributed by atoms with Crippen molar-refractivity contribution in [2.45, 2.75) is 18.7 Å². The molecule has 0 saturated heterocycles.